The zero-order valence-corrected chi connectivity index (χ0v) is 14.7. The van der Waals surface area contributed by atoms with Crippen molar-refractivity contribution in [1.82, 2.24) is 0 Å². The maximum atomic E-state index is 12.3. The molecule has 7 nitrogen and oxygen atoms in total. The van der Waals surface area contributed by atoms with Crippen molar-refractivity contribution >= 4 is 16.0 Å². The lowest BCUT2D eigenvalue weighted by Crippen LogP contribution is -2.12. The van der Waals surface area contributed by atoms with Crippen molar-refractivity contribution in [3.63, 3.8) is 0 Å². The van der Waals surface area contributed by atoms with Crippen LogP contribution >= 0.6 is 0 Å². The summed E-state index contributed by atoms with van der Waals surface area (Å²) in [7, 11) is -2.50. The summed E-state index contributed by atoms with van der Waals surface area (Å²) in [6.07, 6.45) is 0. The van der Waals surface area contributed by atoms with Crippen LogP contribution in [-0.2, 0) is 15.9 Å². The second kappa shape index (κ2) is 7.01. The van der Waals surface area contributed by atoms with E-state index in [1.165, 1.54) is 7.11 Å². The number of nitrogens with two attached hydrogens (primary N) is 1. The standard InChI is InChI=1S/C18H17NO6S/c1-23-14-9-7-13(8-10-14)16-15(20)17(18(19)24-16)25-26(21,22)11-12-5-3-2-4-6-12/h2-10,20H,11,19H2,1H3. The molecule has 0 amide bonds. The number of nitrogen functional groups attached to an aromatic ring is 1. The molecule has 3 aromatic rings. The number of hydrogen-bond acceptors (Lipinski definition) is 7. The Kier molecular flexibility index (Phi) is 4.77. The van der Waals surface area contributed by atoms with Crippen LogP contribution in [0.4, 0.5) is 5.88 Å². The summed E-state index contributed by atoms with van der Waals surface area (Å²) in [5.41, 5.74) is 6.73. The van der Waals surface area contributed by atoms with E-state index in [1.54, 1.807) is 54.6 Å². The van der Waals surface area contributed by atoms with Gasteiger partial charge in [-0.05, 0) is 29.8 Å². The first kappa shape index (κ1) is 17.7. The molecular formula is C18H17NO6S. The zero-order valence-electron chi connectivity index (χ0n) is 13.9. The molecule has 26 heavy (non-hydrogen) atoms. The van der Waals surface area contributed by atoms with Gasteiger partial charge in [0.1, 0.15) is 11.5 Å². The lowest BCUT2D eigenvalue weighted by Gasteiger charge is -2.06. The van der Waals surface area contributed by atoms with Gasteiger partial charge in [0.15, 0.2) is 5.76 Å². The first-order chi connectivity index (χ1) is 12.4. The Bertz CT molecular complexity index is 994. The third-order valence-electron chi connectivity index (χ3n) is 3.61. The quantitative estimate of drug-likeness (QED) is 0.636. The van der Waals surface area contributed by atoms with Crippen molar-refractivity contribution in [2.75, 3.05) is 12.8 Å². The largest absolute Gasteiger partial charge is 0.501 e. The summed E-state index contributed by atoms with van der Waals surface area (Å²) in [5.74, 6) is -0.971. The fourth-order valence-corrected chi connectivity index (χ4v) is 3.45. The number of ether oxygens (including phenoxy) is 1. The van der Waals surface area contributed by atoms with E-state index >= 15 is 0 Å². The van der Waals surface area contributed by atoms with Crippen LogP contribution in [0.3, 0.4) is 0 Å². The minimum absolute atomic E-state index is 0.00932. The average molecular weight is 375 g/mol. The number of aromatic hydroxyl groups is 1. The van der Waals surface area contributed by atoms with E-state index < -0.39 is 21.6 Å². The van der Waals surface area contributed by atoms with Crippen molar-refractivity contribution in [1.29, 1.82) is 0 Å². The highest BCUT2D eigenvalue weighted by Gasteiger charge is 2.26. The molecule has 0 saturated carbocycles. The molecule has 0 aliphatic rings. The Hall–Kier alpha value is -3.13. The van der Waals surface area contributed by atoms with Gasteiger partial charge in [-0.1, -0.05) is 30.3 Å². The van der Waals surface area contributed by atoms with Crippen LogP contribution in [0.15, 0.2) is 59.0 Å². The maximum absolute atomic E-state index is 12.3. The number of furan rings is 1. The van der Waals surface area contributed by atoms with Gasteiger partial charge in [0.25, 0.3) is 0 Å². The normalized spacial score (nSPS) is 11.3. The summed E-state index contributed by atoms with van der Waals surface area (Å²) in [4.78, 5) is 0. The Morgan fingerprint density at radius 2 is 1.73 bits per heavy atom. The molecule has 0 fully saturated rings. The van der Waals surface area contributed by atoms with E-state index in [1.807, 2.05) is 0 Å². The van der Waals surface area contributed by atoms with Crippen LogP contribution in [0.1, 0.15) is 5.56 Å². The van der Waals surface area contributed by atoms with Gasteiger partial charge in [-0.2, -0.15) is 8.42 Å². The van der Waals surface area contributed by atoms with Gasteiger partial charge in [-0.3, -0.25) is 0 Å². The van der Waals surface area contributed by atoms with Gasteiger partial charge < -0.3 is 24.2 Å². The molecule has 0 atom stereocenters. The highest BCUT2D eigenvalue weighted by molar-refractivity contribution is 7.86. The summed E-state index contributed by atoms with van der Waals surface area (Å²) in [6.45, 7) is 0. The molecule has 0 bridgehead atoms. The van der Waals surface area contributed by atoms with E-state index in [2.05, 4.69) is 0 Å². The molecule has 2 aromatic carbocycles. The summed E-state index contributed by atoms with van der Waals surface area (Å²) < 4.78 is 39.9. The molecule has 0 spiro atoms. The van der Waals surface area contributed by atoms with Crippen LogP contribution < -0.4 is 14.7 Å². The highest BCUT2D eigenvalue weighted by atomic mass is 32.2. The smallest absolute Gasteiger partial charge is 0.313 e. The molecule has 0 aliphatic carbocycles. The molecular weight excluding hydrogens is 358 g/mol. The lowest BCUT2D eigenvalue weighted by molar-refractivity contribution is 0.414. The molecule has 8 heteroatoms. The number of anilines is 1. The predicted molar refractivity (Wildman–Crippen MR) is 96.5 cm³/mol. The number of hydrogen-bond donors (Lipinski definition) is 2. The van der Waals surface area contributed by atoms with Gasteiger partial charge in [0, 0.05) is 5.56 Å². The first-order valence-electron chi connectivity index (χ1n) is 7.61. The van der Waals surface area contributed by atoms with Crippen molar-refractivity contribution in [2.45, 2.75) is 5.75 Å². The Morgan fingerprint density at radius 1 is 1.08 bits per heavy atom. The Labute approximate surface area is 150 Å². The average Bonchev–Trinajstić information content (AvgIpc) is 2.90. The van der Waals surface area contributed by atoms with Gasteiger partial charge >= 0.3 is 10.1 Å². The topological polar surface area (TPSA) is 112 Å². The molecule has 1 aromatic heterocycles. The molecule has 3 rings (SSSR count). The fourth-order valence-electron chi connectivity index (χ4n) is 2.38. The van der Waals surface area contributed by atoms with E-state index in [9.17, 15) is 13.5 Å². The van der Waals surface area contributed by atoms with Crippen LogP contribution in [0, 0.1) is 0 Å². The van der Waals surface area contributed by atoms with Gasteiger partial charge in [0.2, 0.25) is 17.4 Å². The van der Waals surface area contributed by atoms with E-state index in [0.29, 0.717) is 16.9 Å². The minimum atomic E-state index is -4.03. The molecule has 136 valence electrons. The fraction of sp³-hybridized carbons (Fsp3) is 0.111. The van der Waals surface area contributed by atoms with Crippen molar-refractivity contribution in [3.8, 4) is 28.6 Å². The lowest BCUT2D eigenvalue weighted by atomic mass is 10.1. The zero-order chi connectivity index (χ0) is 18.7. The number of benzene rings is 2. The molecule has 1 heterocycles. The Balaban J connectivity index is 1.88. The summed E-state index contributed by atoms with van der Waals surface area (Å²) in [5, 5.41) is 10.3. The minimum Gasteiger partial charge on any atom is -0.501 e. The number of methoxy groups -OCH3 is 1. The Morgan fingerprint density at radius 3 is 2.35 bits per heavy atom. The van der Waals surface area contributed by atoms with Crippen LogP contribution in [0.25, 0.3) is 11.3 Å². The molecule has 0 unspecified atom stereocenters. The maximum Gasteiger partial charge on any atom is 0.313 e. The van der Waals surface area contributed by atoms with E-state index in [4.69, 9.17) is 19.1 Å². The van der Waals surface area contributed by atoms with Gasteiger partial charge in [0.05, 0.1) is 7.11 Å². The second-order valence-electron chi connectivity index (χ2n) is 5.47. The monoisotopic (exact) mass is 375 g/mol. The summed E-state index contributed by atoms with van der Waals surface area (Å²) >= 11 is 0. The highest BCUT2D eigenvalue weighted by Crippen LogP contribution is 2.45. The third kappa shape index (κ3) is 3.75. The molecule has 3 N–H and O–H groups in total. The first-order valence-corrected chi connectivity index (χ1v) is 9.19. The van der Waals surface area contributed by atoms with Crippen LogP contribution in [-0.4, -0.2) is 20.6 Å². The van der Waals surface area contributed by atoms with Crippen LogP contribution in [0.5, 0.6) is 17.2 Å². The van der Waals surface area contributed by atoms with Crippen LogP contribution in [0.2, 0.25) is 0 Å². The third-order valence-corrected chi connectivity index (χ3v) is 4.72. The molecule has 0 radical (unpaired) electrons. The molecule has 0 saturated heterocycles. The molecule has 0 aliphatic heterocycles. The van der Waals surface area contributed by atoms with Gasteiger partial charge in [-0.15, -0.1) is 0 Å². The van der Waals surface area contributed by atoms with Gasteiger partial charge in [-0.25, -0.2) is 0 Å². The van der Waals surface area contributed by atoms with Crippen molar-refractivity contribution < 1.29 is 26.9 Å². The second-order valence-corrected chi connectivity index (χ2v) is 7.04. The number of rotatable bonds is 6. The predicted octanol–water partition coefficient (Wildman–Crippen LogP) is 3.15. The van der Waals surface area contributed by atoms with Crippen molar-refractivity contribution in [3.05, 3.63) is 60.2 Å². The van der Waals surface area contributed by atoms with E-state index in [0.717, 1.165) is 0 Å². The van der Waals surface area contributed by atoms with Crippen molar-refractivity contribution in [2.24, 2.45) is 0 Å². The summed E-state index contributed by atoms with van der Waals surface area (Å²) in [6, 6.07) is 15.1. The van der Waals surface area contributed by atoms with E-state index in [-0.39, 0.29) is 17.4 Å². The SMILES string of the molecule is COc1ccc(-c2oc(N)c(OS(=O)(=O)Cc3ccccc3)c2O)cc1.